The minimum absolute atomic E-state index is 0.000469. The molecule has 0 bridgehead atoms. The van der Waals surface area contributed by atoms with Crippen LogP contribution in [0.3, 0.4) is 0 Å². The number of sulfonamides is 1. The van der Waals surface area contributed by atoms with Crippen molar-refractivity contribution in [2.75, 3.05) is 10.8 Å². The van der Waals surface area contributed by atoms with Crippen molar-refractivity contribution in [1.82, 2.24) is 10.3 Å². The number of hydrogen-bond acceptors (Lipinski definition) is 4. The van der Waals surface area contributed by atoms with Gasteiger partial charge in [-0.2, -0.15) is 0 Å². The molecule has 0 aliphatic heterocycles. The predicted octanol–water partition coefficient (Wildman–Crippen LogP) is 3.39. The van der Waals surface area contributed by atoms with E-state index in [-0.39, 0.29) is 22.2 Å². The van der Waals surface area contributed by atoms with Crippen molar-refractivity contribution in [3.05, 3.63) is 89.5 Å². The van der Waals surface area contributed by atoms with E-state index in [0.717, 1.165) is 15.9 Å². The summed E-state index contributed by atoms with van der Waals surface area (Å²) in [5.74, 6) is -1.22. The molecule has 0 saturated heterocycles. The molecule has 0 fully saturated rings. The monoisotopic (exact) mass is 433 g/mol. The number of pyridine rings is 1. The summed E-state index contributed by atoms with van der Waals surface area (Å²) in [4.78, 5) is 16.4. The van der Waals surface area contributed by atoms with Crippen LogP contribution in [0.25, 0.3) is 0 Å². The van der Waals surface area contributed by atoms with E-state index in [1.807, 2.05) is 0 Å². The van der Waals surface area contributed by atoms with Gasteiger partial charge in [-0.25, -0.2) is 12.8 Å². The highest BCUT2D eigenvalue weighted by Crippen LogP contribution is 2.27. The van der Waals surface area contributed by atoms with Crippen molar-refractivity contribution >= 4 is 33.2 Å². The van der Waals surface area contributed by atoms with E-state index in [1.165, 1.54) is 24.3 Å². The number of halogens is 2. The molecule has 1 amide bonds. The zero-order valence-electron chi connectivity index (χ0n) is 15.1. The summed E-state index contributed by atoms with van der Waals surface area (Å²) >= 11 is 5.83. The van der Waals surface area contributed by atoms with Gasteiger partial charge in [0.05, 0.1) is 15.6 Å². The Hall–Kier alpha value is -2.97. The lowest BCUT2D eigenvalue weighted by molar-refractivity contribution is -0.119. The zero-order chi connectivity index (χ0) is 20.9. The molecule has 0 atom stereocenters. The van der Waals surface area contributed by atoms with Crippen LogP contribution in [-0.2, 0) is 21.4 Å². The van der Waals surface area contributed by atoms with Crippen LogP contribution in [0, 0.1) is 5.82 Å². The molecule has 1 aromatic heterocycles. The van der Waals surface area contributed by atoms with Crippen LogP contribution in [0.2, 0.25) is 5.02 Å². The third-order valence-corrected chi connectivity index (χ3v) is 6.10. The number of carbonyl (C=O) groups is 1. The van der Waals surface area contributed by atoms with Gasteiger partial charge in [-0.05, 0) is 42.0 Å². The van der Waals surface area contributed by atoms with Crippen LogP contribution < -0.4 is 9.62 Å². The van der Waals surface area contributed by atoms with Crippen molar-refractivity contribution in [2.24, 2.45) is 0 Å². The Bertz CT molecular complexity index is 1100. The Morgan fingerprint density at radius 3 is 2.52 bits per heavy atom. The van der Waals surface area contributed by atoms with Gasteiger partial charge in [0.15, 0.2) is 0 Å². The molecular weight excluding hydrogens is 417 g/mol. The van der Waals surface area contributed by atoms with Crippen LogP contribution in [0.5, 0.6) is 0 Å². The molecule has 29 heavy (non-hydrogen) atoms. The molecule has 0 radical (unpaired) electrons. The highest BCUT2D eigenvalue weighted by Gasteiger charge is 2.27. The largest absolute Gasteiger partial charge is 0.350 e. The number of nitrogens with zero attached hydrogens (tertiary/aromatic N) is 2. The number of benzene rings is 2. The minimum Gasteiger partial charge on any atom is -0.350 e. The molecule has 0 aliphatic carbocycles. The molecule has 3 aromatic rings. The Morgan fingerprint density at radius 2 is 1.86 bits per heavy atom. The molecule has 150 valence electrons. The summed E-state index contributed by atoms with van der Waals surface area (Å²) in [5, 5.41) is 2.41. The highest BCUT2D eigenvalue weighted by atomic mass is 35.5. The fraction of sp³-hybridized carbons (Fsp3) is 0.100. The average Bonchev–Trinajstić information content (AvgIpc) is 2.74. The van der Waals surface area contributed by atoms with Crippen molar-refractivity contribution in [2.45, 2.75) is 11.4 Å². The molecule has 0 saturated carbocycles. The minimum atomic E-state index is -4.08. The Kier molecular flexibility index (Phi) is 6.46. The third kappa shape index (κ3) is 5.10. The highest BCUT2D eigenvalue weighted by molar-refractivity contribution is 7.92. The van der Waals surface area contributed by atoms with Gasteiger partial charge in [0.25, 0.3) is 10.0 Å². The smallest absolute Gasteiger partial charge is 0.264 e. The van der Waals surface area contributed by atoms with E-state index in [1.54, 1.807) is 42.7 Å². The molecule has 1 N–H and O–H groups in total. The van der Waals surface area contributed by atoms with Gasteiger partial charge in [-0.15, -0.1) is 0 Å². The van der Waals surface area contributed by atoms with Gasteiger partial charge in [-0.3, -0.25) is 14.1 Å². The van der Waals surface area contributed by atoms with Crippen LogP contribution in [0.1, 0.15) is 5.56 Å². The molecule has 0 spiro atoms. The second kappa shape index (κ2) is 9.02. The van der Waals surface area contributed by atoms with Crippen molar-refractivity contribution < 1.29 is 17.6 Å². The number of carbonyl (C=O) groups excluding carboxylic acids is 1. The van der Waals surface area contributed by atoms with Crippen LogP contribution in [0.15, 0.2) is 78.0 Å². The fourth-order valence-electron chi connectivity index (χ4n) is 2.56. The number of amides is 1. The molecule has 6 nitrogen and oxygen atoms in total. The van der Waals surface area contributed by atoms with Crippen LogP contribution >= 0.6 is 11.6 Å². The van der Waals surface area contributed by atoms with Crippen molar-refractivity contribution in [1.29, 1.82) is 0 Å². The van der Waals surface area contributed by atoms with E-state index in [9.17, 15) is 17.6 Å². The molecule has 9 heteroatoms. The van der Waals surface area contributed by atoms with Crippen LogP contribution in [-0.4, -0.2) is 25.9 Å². The first kappa shape index (κ1) is 20.8. The summed E-state index contributed by atoms with van der Waals surface area (Å²) < 4.78 is 40.7. The normalized spacial score (nSPS) is 11.1. The molecular formula is C20H17ClFN3O3S. The van der Waals surface area contributed by atoms with E-state index >= 15 is 0 Å². The lowest BCUT2D eigenvalue weighted by atomic mass is 10.3. The third-order valence-electron chi connectivity index (χ3n) is 4.02. The second-order valence-corrected chi connectivity index (χ2v) is 8.33. The van der Waals surface area contributed by atoms with Gasteiger partial charge in [0, 0.05) is 18.9 Å². The molecule has 3 rings (SSSR count). The molecule has 1 heterocycles. The van der Waals surface area contributed by atoms with Crippen molar-refractivity contribution in [3.63, 3.8) is 0 Å². The maximum atomic E-state index is 13.6. The lowest BCUT2D eigenvalue weighted by Crippen LogP contribution is -2.40. The first-order chi connectivity index (χ1) is 13.9. The quantitative estimate of drug-likeness (QED) is 0.619. The molecule has 2 aromatic carbocycles. The summed E-state index contributed by atoms with van der Waals surface area (Å²) in [6, 6.07) is 14.7. The van der Waals surface area contributed by atoms with E-state index < -0.39 is 28.3 Å². The molecule has 0 unspecified atom stereocenters. The van der Waals surface area contributed by atoms with Gasteiger partial charge in [0.1, 0.15) is 12.4 Å². The van der Waals surface area contributed by atoms with Gasteiger partial charge in [-0.1, -0.05) is 35.9 Å². The molecule has 0 aliphatic rings. The lowest BCUT2D eigenvalue weighted by Gasteiger charge is -2.24. The zero-order valence-corrected chi connectivity index (χ0v) is 16.7. The fourth-order valence-corrected chi connectivity index (χ4v) is 4.17. The van der Waals surface area contributed by atoms with E-state index in [4.69, 9.17) is 11.6 Å². The van der Waals surface area contributed by atoms with Gasteiger partial charge < -0.3 is 5.32 Å². The SMILES string of the molecule is O=C(CN(c1ccc(F)c(Cl)c1)S(=O)(=O)c1ccccc1)NCc1cccnc1. The summed E-state index contributed by atoms with van der Waals surface area (Å²) in [6.07, 6.45) is 3.20. The van der Waals surface area contributed by atoms with Gasteiger partial charge >= 0.3 is 0 Å². The van der Waals surface area contributed by atoms with Crippen molar-refractivity contribution in [3.8, 4) is 0 Å². The summed E-state index contributed by atoms with van der Waals surface area (Å²) in [5.41, 5.74) is 0.847. The van der Waals surface area contributed by atoms with E-state index in [0.29, 0.717) is 0 Å². The number of rotatable bonds is 7. The maximum absolute atomic E-state index is 13.6. The number of hydrogen-bond donors (Lipinski definition) is 1. The first-order valence-electron chi connectivity index (χ1n) is 8.56. The number of aromatic nitrogens is 1. The van der Waals surface area contributed by atoms with E-state index in [2.05, 4.69) is 10.3 Å². The maximum Gasteiger partial charge on any atom is 0.264 e. The average molecular weight is 434 g/mol. The summed E-state index contributed by atoms with van der Waals surface area (Å²) in [6.45, 7) is -0.310. The standard InChI is InChI=1S/C20H17ClFN3O3S/c21-18-11-16(8-9-19(18)22)25(29(27,28)17-6-2-1-3-7-17)14-20(26)24-13-15-5-4-10-23-12-15/h1-12H,13-14H2,(H,24,26). The van der Waals surface area contributed by atoms with Crippen LogP contribution in [0.4, 0.5) is 10.1 Å². The topological polar surface area (TPSA) is 79.4 Å². The summed E-state index contributed by atoms with van der Waals surface area (Å²) in [7, 11) is -4.08. The number of nitrogens with one attached hydrogen (secondary N) is 1. The Labute approximate surface area is 173 Å². The first-order valence-corrected chi connectivity index (χ1v) is 10.4. The Balaban J connectivity index is 1.88. The number of anilines is 1. The second-order valence-electron chi connectivity index (χ2n) is 6.06. The Morgan fingerprint density at radius 1 is 1.10 bits per heavy atom. The predicted molar refractivity (Wildman–Crippen MR) is 108 cm³/mol. The van der Waals surface area contributed by atoms with Gasteiger partial charge in [0.2, 0.25) is 5.91 Å².